The number of carbonyl (C=O) groups is 4. The molecular weight excluding hydrogens is 1330 g/mol. The van der Waals surface area contributed by atoms with Gasteiger partial charge in [-0.1, -0.05) is 265 Å². The molecule has 2 unspecified atom stereocenters. The Hall–Kier alpha value is -4.54. The summed E-state index contributed by atoms with van der Waals surface area (Å²) < 4.78 is 68.4. The molecule has 0 aliphatic heterocycles. The molecule has 0 fully saturated rings. The van der Waals surface area contributed by atoms with Crippen molar-refractivity contribution < 1.29 is 80.2 Å². The quantitative estimate of drug-likeness (QED) is 0.0169. The first-order valence-corrected chi connectivity index (χ1v) is 42.8. The van der Waals surface area contributed by atoms with E-state index in [1.807, 2.05) is 24.3 Å². The predicted molar refractivity (Wildman–Crippen MR) is 418 cm³/mol. The van der Waals surface area contributed by atoms with Crippen molar-refractivity contribution in [3.05, 3.63) is 122 Å². The third-order valence-corrected chi connectivity index (χ3v) is 18.3. The minimum Gasteiger partial charge on any atom is -0.462 e. The minimum atomic E-state index is -5.00. The number of carbonyl (C=O) groups excluding carboxylic acids is 4. The summed E-state index contributed by atoms with van der Waals surface area (Å²) in [4.78, 5) is 72.9. The van der Waals surface area contributed by atoms with Crippen LogP contribution in [0.15, 0.2) is 122 Å². The Kier molecular flexibility index (Phi) is 71.4. The summed E-state index contributed by atoms with van der Waals surface area (Å²) in [5.41, 5.74) is 0. The highest BCUT2D eigenvalue weighted by Gasteiger charge is 2.30. The number of aliphatic hydroxyl groups excluding tert-OH is 1. The van der Waals surface area contributed by atoms with Gasteiger partial charge in [-0.25, -0.2) is 9.13 Å². The van der Waals surface area contributed by atoms with Crippen molar-refractivity contribution in [1.82, 2.24) is 0 Å². The van der Waals surface area contributed by atoms with Crippen molar-refractivity contribution in [3.63, 3.8) is 0 Å². The van der Waals surface area contributed by atoms with E-state index in [9.17, 15) is 43.2 Å². The van der Waals surface area contributed by atoms with E-state index in [1.165, 1.54) is 103 Å². The van der Waals surface area contributed by atoms with Crippen LogP contribution in [0, 0.1) is 0 Å². The third-order valence-electron chi connectivity index (χ3n) is 16.4. The first-order valence-electron chi connectivity index (χ1n) is 39.8. The van der Waals surface area contributed by atoms with Gasteiger partial charge in [0.2, 0.25) is 0 Å². The van der Waals surface area contributed by atoms with Gasteiger partial charge in [0.1, 0.15) is 19.3 Å². The molecule has 102 heavy (non-hydrogen) atoms. The van der Waals surface area contributed by atoms with Crippen LogP contribution < -0.4 is 0 Å². The van der Waals surface area contributed by atoms with Crippen LogP contribution in [0.4, 0.5) is 0 Å². The van der Waals surface area contributed by atoms with Crippen molar-refractivity contribution in [2.75, 3.05) is 39.6 Å². The molecule has 3 N–H and O–H groups in total. The van der Waals surface area contributed by atoms with Gasteiger partial charge >= 0.3 is 39.5 Å². The van der Waals surface area contributed by atoms with Gasteiger partial charge in [-0.05, 0) is 154 Å². The second kappa shape index (κ2) is 74.7. The van der Waals surface area contributed by atoms with Gasteiger partial charge in [0, 0.05) is 25.7 Å². The number of unbranched alkanes of at least 4 members (excludes halogenated alkanes) is 28. The molecule has 5 atom stereocenters. The molecule has 0 aromatic heterocycles. The highest BCUT2D eigenvalue weighted by molar-refractivity contribution is 7.47. The zero-order valence-corrected chi connectivity index (χ0v) is 65.8. The summed E-state index contributed by atoms with van der Waals surface area (Å²) in [5, 5.41) is 10.6. The number of allylic oxidation sites excluding steroid dienone is 20. The number of hydrogen-bond donors (Lipinski definition) is 3. The lowest BCUT2D eigenvalue weighted by Gasteiger charge is -2.21. The first kappa shape index (κ1) is 97.5. The Morgan fingerprint density at radius 3 is 0.824 bits per heavy atom. The van der Waals surface area contributed by atoms with E-state index in [1.54, 1.807) is 0 Å². The number of phosphoric ester groups is 2. The van der Waals surface area contributed by atoms with Crippen molar-refractivity contribution >= 4 is 39.5 Å². The van der Waals surface area contributed by atoms with E-state index < -0.39 is 97.5 Å². The summed E-state index contributed by atoms with van der Waals surface area (Å²) in [6.07, 6.45) is 81.9. The van der Waals surface area contributed by atoms with E-state index in [0.717, 1.165) is 128 Å². The van der Waals surface area contributed by atoms with Crippen LogP contribution >= 0.6 is 15.6 Å². The molecule has 0 bridgehead atoms. The van der Waals surface area contributed by atoms with Gasteiger partial charge in [-0.15, -0.1) is 0 Å². The normalized spacial score (nSPS) is 14.5. The van der Waals surface area contributed by atoms with Gasteiger partial charge in [-0.2, -0.15) is 0 Å². The van der Waals surface area contributed by atoms with Crippen LogP contribution in [0.2, 0.25) is 0 Å². The van der Waals surface area contributed by atoms with Crippen LogP contribution in [0.3, 0.4) is 0 Å². The molecule has 0 aliphatic rings. The smallest absolute Gasteiger partial charge is 0.462 e. The zero-order valence-electron chi connectivity index (χ0n) is 64.0. The van der Waals surface area contributed by atoms with Crippen LogP contribution in [-0.2, 0) is 65.4 Å². The number of ether oxygens (including phenoxy) is 4. The molecule has 0 heterocycles. The molecule has 0 saturated carbocycles. The maximum atomic E-state index is 13.1. The van der Waals surface area contributed by atoms with Crippen LogP contribution in [0.1, 0.15) is 323 Å². The topological polar surface area (TPSA) is 237 Å². The van der Waals surface area contributed by atoms with Gasteiger partial charge in [0.25, 0.3) is 0 Å². The molecule has 0 saturated heterocycles. The maximum absolute atomic E-state index is 13.1. The van der Waals surface area contributed by atoms with E-state index in [-0.39, 0.29) is 25.7 Å². The summed E-state index contributed by atoms with van der Waals surface area (Å²) in [6.45, 7) is 4.67. The highest BCUT2D eigenvalue weighted by atomic mass is 31.2. The predicted octanol–water partition coefficient (Wildman–Crippen LogP) is 23.1. The molecule has 0 amide bonds. The average molecular weight is 1470 g/mol. The Balaban J connectivity index is 5.46. The molecule has 17 nitrogen and oxygen atoms in total. The number of aliphatic hydroxyl groups is 1. The number of esters is 4. The van der Waals surface area contributed by atoms with Crippen LogP contribution in [-0.4, -0.2) is 96.7 Å². The molecule has 19 heteroatoms. The van der Waals surface area contributed by atoms with E-state index >= 15 is 0 Å². The Morgan fingerprint density at radius 1 is 0.275 bits per heavy atom. The molecule has 586 valence electrons. The number of rotatable bonds is 74. The summed E-state index contributed by atoms with van der Waals surface area (Å²) >= 11 is 0. The fourth-order valence-electron chi connectivity index (χ4n) is 10.3. The summed E-state index contributed by atoms with van der Waals surface area (Å²) in [6, 6.07) is 0. The average Bonchev–Trinajstić information content (AvgIpc) is 0.909. The second-order valence-corrected chi connectivity index (χ2v) is 29.2. The van der Waals surface area contributed by atoms with Crippen LogP contribution in [0.5, 0.6) is 0 Å². The standard InChI is InChI=1S/C83H142O17P2/c1-5-9-13-17-21-25-29-33-36-38-41-45-48-52-56-60-64-68-81(86)94-73-78(99-82(87)69-65-61-57-53-49-43-32-28-24-20-16-12-8-4)75-97-101(89,90)95-71-77(84)72-96-102(91,92)98-76-79(74-93-80(85)67-63-59-55-51-47-44-40-35-31-27-23-19-15-11-7-3)100-83(88)70-66-62-58-54-50-46-42-39-37-34-30-26-22-18-14-10-6-2/h21-22,25-26,28,32-37,40-42,45-46,52,54,56,58,77-79,84H,5-20,23-24,27,29-31,38-39,43-44,47-51,53,55,57,59-76H2,1-4H3,(H,89,90)(H,91,92)/b25-21-,26-22-,32-28-,36-33-,37-34-,40-35-,45-41-,46-42-,56-52-,58-54-/t77-,78+,79+/m0/s1. The molecule has 0 aromatic carbocycles. The van der Waals surface area contributed by atoms with E-state index in [2.05, 4.69) is 125 Å². The SMILES string of the molecule is CCCCC/C=C\C/C=C\C/C=C\C/C=C\CCCC(=O)OC[C@H](COP(=O)(O)OC[C@H](O)COP(=O)(O)OC[C@@H](COC(=O)CCCCCCC/C=C\CCCCCCCC)OC(=O)CCC/C=C\C/C=C\C/C=C\C/C=C\CCCCC)OC(=O)CCCCCCC/C=C\CCCCCC. The highest BCUT2D eigenvalue weighted by Crippen LogP contribution is 2.45. The fraction of sp³-hybridized carbons (Fsp3) is 0.711. The minimum absolute atomic E-state index is 0.0148. The fourth-order valence-corrected chi connectivity index (χ4v) is 11.8. The molecule has 0 rings (SSSR count). The summed E-state index contributed by atoms with van der Waals surface area (Å²) in [5.74, 6) is -2.32. The summed E-state index contributed by atoms with van der Waals surface area (Å²) in [7, 11) is -9.99. The van der Waals surface area contributed by atoms with Crippen molar-refractivity contribution in [1.29, 1.82) is 0 Å². The van der Waals surface area contributed by atoms with E-state index in [0.29, 0.717) is 38.5 Å². The number of hydrogen-bond acceptors (Lipinski definition) is 15. The monoisotopic (exact) mass is 1470 g/mol. The maximum Gasteiger partial charge on any atom is 0.472 e. The Bertz CT molecular complexity index is 2410. The van der Waals surface area contributed by atoms with Crippen LogP contribution in [0.25, 0.3) is 0 Å². The first-order chi connectivity index (χ1) is 49.7. The molecule has 0 aromatic rings. The van der Waals surface area contributed by atoms with Crippen molar-refractivity contribution in [3.8, 4) is 0 Å². The third kappa shape index (κ3) is 73.8. The zero-order chi connectivity index (χ0) is 74.6. The number of phosphoric acid groups is 2. The lowest BCUT2D eigenvalue weighted by Crippen LogP contribution is -2.30. The lowest BCUT2D eigenvalue weighted by molar-refractivity contribution is -0.161. The molecular formula is C83H142O17P2. The van der Waals surface area contributed by atoms with Crippen molar-refractivity contribution in [2.45, 2.75) is 341 Å². The van der Waals surface area contributed by atoms with Gasteiger partial charge in [0.15, 0.2) is 12.2 Å². The largest absolute Gasteiger partial charge is 0.472 e. The van der Waals surface area contributed by atoms with E-state index in [4.69, 9.17) is 37.0 Å². The van der Waals surface area contributed by atoms with Crippen molar-refractivity contribution in [2.24, 2.45) is 0 Å². The Morgan fingerprint density at radius 2 is 0.490 bits per heavy atom. The Labute approximate surface area is 619 Å². The molecule has 0 spiro atoms. The molecule has 0 radical (unpaired) electrons. The van der Waals surface area contributed by atoms with Gasteiger partial charge < -0.3 is 33.8 Å². The van der Waals surface area contributed by atoms with Gasteiger partial charge in [0.05, 0.1) is 26.4 Å². The second-order valence-electron chi connectivity index (χ2n) is 26.3. The van der Waals surface area contributed by atoms with Gasteiger partial charge in [-0.3, -0.25) is 37.3 Å². The molecule has 0 aliphatic carbocycles. The lowest BCUT2D eigenvalue weighted by atomic mass is 10.1.